The molecule has 0 aromatic carbocycles. The summed E-state index contributed by atoms with van der Waals surface area (Å²) in [6.45, 7) is 0.917. The van der Waals surface area contributed by atoms with Crippen LogP contribution in [0.1, 0.15) is 31.4 Å². The number of methoxy groups -OCH3 is 1. The zero-order chi connectivity index (χ0) is 14.5. The summed E-state index contributed by atoms with van der Waals surface area (Å²) >= 11 is 1.64. The van der Waals surface area contributed by atoms with Crippen LogP contribution in [-0.4, -0.2) is 29.8 Å². The van der Waals surface area contributed by atoms with Gasteiger partial charge < -0.3 is 9.47 Å². The first-order valence-electron chi connectivity index (χ1n) is 7.42. The molecule has 3 rings (SSSR count). The van der Waals surface area contributed by atoms with Gasteiger partial charge in [-0.2, -0.15) is 0 Å². The van der Waals surface area contributed by atoms with E-state index in [9.17, 15) is 0 Å². The van der Waals surface area contributed by atoms with Gasteiger partial charge >= 0.3 is 0 Å². The van der Waals surface area contributed by atoms with Crippen molar-refractivity contribution in [2.45, 2.75) is 38.2 Å². The molecule has 1 saturated heterocycles. The first-order valence-corrected chi connectivity index (χ1v) is 8.30. The Morgan fingerprint density at radius 1 is 1.33 bits per heavy atom. The fraction of sp³-hybridized carbons (Fsp3) is 0.500. The molecule has 1 unspecified atom stereocenters. The van der Waals surface area contributed by atoms with Gasteiger partial charge in [0.15, 0.2) is 0 Å². The van der Waals surface area contributed by atoms with Crippen LogP contribution in [-0.2, 0) is 11.2 Å². The first-order chi connectivity index (χ1) is 10.3. The minimum atomic E-state index is 0.416. The van der Waals surface area contributed by atoms with Gasteiger partial charge in [-0.25, -0.2) is 9.97 Å². The molecule has 2 aromatic rings. The van der Waals surface area contributed by atoms with Crippen molar-refractivity contribution < 1.29 is 9.47 Å². The zero-order valence-electron chi connectivity index (χ0n) is 12.2. The largest absolute Gasteiger partial charge is 0.481 e. The molecule has 0 bridgehead atoms. The van der Waals surface area contributed by atoms with Gasteiger partial charge in [0.05, 0.1) is 18.9 Å². The van der Waals surface area contributed by atoms with Crippen LogP contribution >= 0.6 is 11.3 Å². The van der Waals surface area contributed by atoms with Crippen LogP contribution in [0.15, 0.2) is 23.6 Å². The van der Waals surface area contributed by atoms with Crippen LogP contribution < -0.4 is 4.74 Å². The fourth-order valence-corrected chi connectivity index (χ4v) is 3.35. The van der Waals surface area contributed by atoms with Crippen LogP contribution in [0.3, 0.4) is 0 Å². The van der Waals surface area contributed by atoms with E-state index >= 15 is 0 Å². The summed E-state index contributed by atoms with van der Waals surface area (Å²) in [6, 6.07) is 5.76. The minimum Gasteiger partial charge on any atom is -0.481 e. The van der Waals surface area contributed by atoms with Crippen LogP contribution in [0.2, 0.25) is 0 Å². The van der Waals surface area contributed by atoms with Crippen LogP contribution in [0.5, 0.6) is 5.88 Å². The molecule has 4 nitrogen and oxygen atoms in total. The monoisotopic (exact) mass is 304 g/mol. The van der Waals surface area contributed by atoms with E-state index in [0.717, 1.165) is 35.8 Å². The van der Waals surface area contributed by atoms with Crippen LogP contribution in [0, 0.1) is 0 Å². The van der Waals surface area contributed by atoms with Crippen LogP contribution in [0.4, 0.5) is 0 Å². The summed E-state index contributed by atoms with van der Waals surface area (Å²) in [5, 5.41) is 3.08. The van der Waals surface area contributed by atoms with Gasteiger partial charge in [-0.15, -0.1) is 11.3 Å². The lowest BCUT2D eigenvalue weighted by Gasteiger charge is -2.21. The maximum absolute atomic E-state index is 5.77. The normalized spacial score (nSPS) is 18.6. The third-order valence-corrected chi connectivity index (χ3v) is 4.61. The summed E-state index contributed by atoms with van der Waals surface area (Å²) in [7, 11) is 1.63. The Hall–Kier alpha value is -1.46. The van der Waals surface area contributed by atoms with E-state index in [1.54, 1.807) is 18.4 Å². The lowest BCUT2D eigenvalue weighted by Crippen LogP contribution is -2.19. The van der Waals surface area contributed by atoms with Crippen molar-refractivity contribution in [1.82, 2.24) is 9.97 Å². The molecule has 112 valence electrons. The van der Waals surface area contributed by atoms with Crippen LogP contribution in [0.25, 0.3) is 10.7 Å². The van der Waals surface area contributed by atoms with Crippen molar-refractivity contribution >= 4 is 11.3 Å². The number of hydrogen-bond acceptors (Lipinski definition) is 5. The SMILES string of the molecule is COc1cccc(-c2nc(CCC3CCCCO3)cs2)n1. The maximum atomic E-state index is 5.77. The molecule has 21 heavy (non-hydrogen) atoms. The van der Waals surface area contributed by atoms with Crippen molar-refractivity contribution in [3.63, 3.8) is 0 Å². The molecule has 1 aliphatic rings. The maximum Gasteiger partial charge on any atom is 0.213 e. The summed E-state index contributed by atoms with van der Waals surface area (Å²) in [6.07, 6.45) is 6.15. The molecule has 2 aromatic heterocycles. The number of thiazole rings is 1. The van der Waals surface area contributed by atoms with Gasteiger partial charge in [0, 0.05) is 18.1 Å². The highest BCUT2D eigenvalue weighted by atomic mass is 32.1. The average Bonchev–Trinajstić information content (AvgIpc) is 3.03. The summed E-state index contributed by atoms with van der Waals surface area (Å²) < 4.78 is 10.9. The van der Waals surface area contributed by atoms with Crippen molar-refractivity contribution in [3.8, 4) is 16.6 Å². The number of ether oxygens (including phenoxy) is 2. The highest BCUT2D eigenvalue weighted by Crippen LogP contribution is 2.25. The summed E-state index contributed by atoms with van der Waals surface area (Å²) in [4.78, 5) is 9.11. The highest BCUT2D eigenvalue weighted by molar-refractivity contribution is 7.13. The molecular formula is C16H20N2O2S. The molecule has 3 heterocycles. The number of aromatic nitrogens is 2. The molecule has 1 atom stereocenters. The molecule has 1 aliphatic heterocycles. The van der Waals surface area contributed by atoms with Gasteiger partial charge in [-0.1, -0.05) is 6.07 Å². The molecule has 0 spiro atoms. The Balaban J connectivity index is 1.62. The summed E-state index contributed by atoms with van der Waals surface area (Å²) in [5.74, 6) is 0.625. The lowest BCUT2D eigenvalue weighted by molar-refractivity contribution is 0.0114. The molecule has 1 fully saturated rings. The second-order valence-electron chi connectivity index (χ2n) is 5.24. The predicted molar refractivity (Wildman–Crippen MR) is 83.8 cm³/mol. The molecule has 0 aliphatic carbocycles. The zero-order valence-corrected chi connectivity index (χ0v) is 13.1. The third kappa shape index (κ3) is 3.80. The minimum absolute atomic E-state index is 0.416. The van der Waals surface area contributed by atoms with E-state index in [-0.39, 0.29) is 0 Å². The Morgan fingerprint density at radius 3 is 3.10 bits per heavy atom. The molecule has 0 N–H and O–H groups in total. The lowest BCUT2D eigenvalue weighted by atomic mass is 10.0. The van der Waals surface area contributed by atoms with E-state index in [2.05, 4.69) is 15.3 Å². The number of hydrogen-bond donors (Lipinski definition) is 0. The Labute approximate surface area is 129 Å². The van der Waals surface area contributed by atoms with Gasteiger partial charge in [0.1, 0.15) is 10.7 Å². The molecule has 0 saturated carbocycles. The highest BCUT2D eigenvalue weighted by Gasteiger charge is 2.15. The number of nitrogens with zero attached hydrogens (tertiary/aromatic N) is 2. The number of aryl methyl sites for hydroxylation is 1. The number of pyridine rings is 1. The molecule has 0 amide bonds. The molecule has 5 heteroatoms. The molecule has 0 radical (unpaired) electrons. The standard InChI is InChI=1S/C16H20N2O2S/c1-19-15-7-4-6-14(18-15)16-17-12(11-21-16)8-9-13-5-2-3-10-20-13/h4,6-7,11,13H,2-3,5,8-10H2,1H3. The van der Waals surface area contributed by atoms with E-state index in [4.69, 9.17) is 9.47 Å². The van der Waals surface area contributed by atoms with Crippen molar-refractivity contribution in [1.29, 1.82) is 0 Å². The first kappa shape index (κ1) is 14.5. The van der Waals surface area contributed by atoms with Gasteiger partial charge in [-0.05, 0) is 38.2 Å². The Kier molecular flexibility index (Phi) is 4.83. The van der Waals surface area contributed by atoms with E-state index < -0.39 is 0 Å². The Bertz CT molecular complexity index is 579. The molecular weight excluding hydrogens is 284 g/mol. The van der Waals surface area contributed by atoms with Crippen molar-refractivity contribution in [2.75, 3.05) is 13.7 Å². The van der Waals surface area contributed by atoms with Crippen molar-refractivity contribution in [2.24, 2.45) is 0 Å². The van der Waals surface area contributed by atoms with E-state index in [1.807, 2.05) is 18.2 Å². The second kappa shape index (κ2) is 7.00. The third-order valence-electron chi connectivity index (χ3n) is 3.70. The van der Waals surface area contributed by atoms with Gasteiger partial charge in [-0.3, -0.25) is 0 Å². The topological polar surface area (TPSA) is 44.2 Å². The van der Waals surface area contributed by atoms with E-state index in [1.165, 1.54) is 19.3 Å². The predicted octanol–water partition coefficient (Wildman–Crippen LogP) is 3.72. The van der Waals surface area contributed by atoms with Gasteiger partial charge in [0.25, 0.3) is 0 Å². The quantitative estimate of drug-likeness (QED) is 0.844. The second-order valence-corrected chi connectivity index (χ2v) is 6.09. The van der Waals surface area contributed by atoms with E-state index in [0.29, 0.717) is 12.0 Å². The van der Waals surface area contributed by atoms with Crippen molar-refractivity contribution in [3.05, 3.63) is 29.3 Å². The average molecular weight is 304 g/mol. The Morgan fingerprint density at radius 2 is 2.29 bits per heavy atom. The van der Waals surface area contributed by atoms with Gasteiger partial charge in [0.2, 0.25) is 5.88 Å². The smallest absolute Gasteiger partial charge is 0.213 e. The summed E-state index contributed by atoms with van der Waals surface area (Å²) in [5.41, 5.74) is 2.01. The number of rotatable bonds is 5. The fourth-order valence-electron chi connectivity index (χ4n) is 2.53.